The second-order valence-corrected chi connectivity index (χ2v) is 5.38. The van der Waals surface area contributed by atoms with Gasteiger partial charge in [0.15, 0.2) is 11.5 Å². The van der Waals surface area contributed by atoms with Crippen LogP contribution in [0.4, 0.5) is 5.69 Å². The van der Waals surface area contributed by atoms with Crippen molar-refractivity contribution < 1.29 is 0 Å². The van der Waals surface area contributed by atoms with Crippen LogP contribution >= 0.6 is 11.6 Å². The van der Waals surface area contributed by atoms with Crippen LogP contribution in [0.15, 0.2) is 42.7 Å². The highest BCUT2D eigenvalue weighted by molar-refractivity contribution is 6.30. The molecule has 6 heteroatoms. The molecule has 0 amide bonds. The number of H-pyrrole nitrogens is 1. The van der Waals surface area contributed by atoms with Crippen molar-refractivity contribution in [2.24, 2.45) is 0 Å². The number of aromatic nitrogens is 4. The predicted octanol–water partition coefficient (Wildman–Crippen LogP) is 3.04. The molecular formula is C15H12ClN5. The molecule has 0 saturated heterocycles. The highest BCUT2D eigenvalue weighted by Crippen LogP contribution is 2.22. The van der Waals surface area contributed by atoms with Crippen LogP contribution in [0.3, 0.4) is 0 Å². The molecule has 3 aromatic heterocycles. The summed E-state index contributed by atoms with van der Waals surface area (Å²) in [5.74, 6) is 0.716. The number of nitrogen functional groups attached to an aromatic ring is 1. The minimum absolute atomic E-state index is 0.528. The molecule has 0 radical (unpaired) electrons. The molecule has 5 nitrogen and oxygen atoms in total. The zero-order valence-corrected chi connectivity index (χ0v) is 11.8. The molecule has 21 heavy (non-hydrogen) atoms. The minimum Gasteiger partial charge on any atom is -0.396 e. The first kappa shape index (κ1) is 12.2. The summed E-state index contributed by atoms with van der Waals surface area (Å²) in [7, 11) is 0. The average Bonchev–Trinajstić information content (AvgIpc) is 3.04. The van der Waals surface area contributed by atoms with E-state index in [0.29, 0.717) is 28.6 Å². The van der Waals surface area contributed by atoms with Gasteiger partial charge in [-0.2, -0.15) is 5.10 Å². The molecule has 0 bridgehead atoms. The third-order valence-corrected chi connectivity index (χ3v) is 3.70. The summed E-state index contributed by atoms with van der Waals surface area (Å²) in [6.07, 6.45) is 4.34. The number of rotatable bonds is 2. The molecule has 0 unspecified atom stereocenters. The summed E-state index contributed by atoms with van der Waals surface area (Å²) in [5.41, 5.74) is 9.35. The van der Waals surface area contributed by atoms with Crippen LogP contribution in [0.5, 0.6) is 0 Å². The van der Waals surface area contributed by atoms with Gasteiger partial charge in [-0.05, 0) is 17.7 Å². The lowest BCUT2D eigenvalue weighted by Gasteiger charge is -1.95. The van der Waals surface area contributed by atoms with Gasteiger partial charge in [-0.3, -0.25) is 0 Å². The molecule has 0 aliphatic heterocycles. The maximum absolute atomic E-state index is 5.98. The first-order valence-electron chi connectivity index (χ1n) is 6.56. The van der Waals surface area contributed by atoms with Gasteiger partial charge in [0.25, 0.3) is 0 Å². The third kappa shape index (κ3) is 2.02. The SMILES string of the molecule is Nc1cc(Cl)cn2nc(Cc3c[nH]c4ccccc34)nc12. The Bertz CT molecular complexity index is 953. The van der Waals surface area contributed by atoms with E-state index in [-0.39, 0.29) is 0 Å². The van der Waals surface area contributed by atoms with Crippen molar-refractivity contribution >= 4 is 33.8 Å². The van der Waals surface area contributed by atoms with Crippen LogP contribution < -0.4 is 5.73 Å². The number of aromatic amines is 1. The van der Waals surface area contributed by atoms with Crippen LogP contribution in [-0.2, 0) is 6.42 Å². The molecule has 0 aliphatic carbocycles. The first-order valence-corrected chi connectivity index (χ1v) is 6.94. The molecule has 3 heterocycles. The molecule has 4 rings (SSSR count). The largest absolute Gasteiger partial charge is 0.396 e. The fraction of sp³-hybridized carbons (Fsp3) is 0.0667. The number of hydrogen-bond donors (Lipinski definition) is 2. The first-order chi connectivity index (χ1) is 10.2. The highest BCUT2D eigenvalue weighted by atomic mass is 35.5. The standard InChI is InChI=1S/C15H12ClN5/c16-10-6-12(17)15-19-14(20-21(15)8-10)5-9-7-18-13-4-2-1-3-11(9)13/h1-4,6-8,18H,5,17H2. The molecular weight excluding hydrogens is 286 g/mol. The van der Waals surface area contributed by atoms with Gasteiger partial charge in [0, 0.05) is 29.7 Å². The van der Waals surface area contributed by atoms with E-state index in [1.165, 1.54) is 5.39 Å². The van der Waals surface area contributed by atoms with E-state index in [4.69, 9.17) is 17.3 Å². The number of nitrogens with zero attached hydrogens (tertiary/aromatic N) is 3. The van der Waals surface area contributed by atoms with Crippen LogP contribution in [0, 0.1) is 0 Å². The number of anilines is 1. The summed E-state index contributed by atoms with van der Waals surface area (Å²) >= 11 is 5.98. The van der Waals surface area contributed by atoms with Gasteiger partial charge in [0.2, 0.25) is 0 Å². The molecule has 0 atom stereocenters. The number of hydrogen-bond acceptors (Lipinski definition) is 3. The highest BCUT2D eigenvalue weighted by Gasteiger charge is 2.10. The topological polar surface area (TPSA) is 72.0 Å². The summed E-state index contributed by atoms with van der Waals surface area (Å²) in [4.78, 5) is 7.74. The maximum atomic E-state index is 5.98. The normalized spacial score (nSPS) is 11.5. The van der Waals surface area contributed by atoms with Crippen molar-refractivity contribution in [2.45, 2.75) is 6.42 Å². The summed E-state index contributed by atoms with van der Waals surface area (Å²) in [6, 6.07) is 9.85. The number of pyridine rings is 1. The fourth-order valence-corrected chi connectivity index (χ4v) is 2.75. The fourth-order valence-electron chi connectivity index (χ4n) is 2.54. The van der Waals surface area contributed by atoms with E-state index in [1.807, 2.05) is 24.4 Å². The molecule has 0 aliphatic rings. The van der Waals surface area contributed by atoms with E-state index in [1.54, 1.807) is 16.8 Å². The van der Waals surface area contributed by atoms with Crippen molar-refractivity contribution in [1.29, 1.82) is 0 Å². The Labute approximate surface area is 125 Å². The van der Waals surface area contributed by atoms with E-state index >= 15 is 0 Å². The Morgan fingerprint density at radius 2 is 2.14 bits per heavy atom. The monoisotopic (exact) mass is 297 g/mol. The van der Waals surface area contributed by atoms with Gasteiger partial charge in [-0.15, -0.1) is 0 Å². The van der Waals surface area contributed by atoms with E-state index in [9.17, 15) is 0 Å². The van der Waals surface area contributed by atoms with Crippen LogP contribution in [-0.4, -0.2) is 19.6 Å². The molecule has 104 valence electrons. The molecule has 0 spiro atoms. The number of halogens is 1. The lowest BCUT2D eigenvalue weighted by atomic mass is 10.1. The zero-order chi connectivity index (χ0) is 14.4. The van der Waals surface area contributed by atoms with Crippen LogP contribution in [0.1, 0.15) is 11.4 Å². The molecule has 1 aromatic carbocycles. The van der Waals surface area contributed by atoms with E-state index < -0.39 is 0 Å². The van der Waals surface area contributed by atoms with Gasteiger partial charge in [0.05, 0.1) is 10.7 Å². The van der Waals surface area contributed by atoms with Crippen molar-refractivity contribution in [3.8, 4) is 0 Å². The number of benzene rings is 1. The second kappa shape index (κ2) is 4.49. The smallest absolute Gasteiger partial charge is 0.178 e. The van der Waals surface area contributed by atoms with Gasteiger partial charge in [-0.1, -0.05) is 29.8 Å². The summed E-state index contributed by atoms with van der Waals surface area (Å²) in [6.45, 7) is 0. The van der Waals surface area contributed by atoms with Gasteiger partial charge >= 0.3 is 0 Å². The maximum Gasteiger partial charge on any atom is 0.178 e. The van der Waals surface area contributed by atoms with Gasteiger partial charge in [0.1, 0.15) is 0 Å². The number of fused-ring (bicyclic) bond motifs is 2. The molecule has 0 fully saturated rings. The van der Waals surface area contributed by atoms with Gasteiger partial charge < -0.3 is 10.7 Å². The van der Waals surface area contributed by atoms with Crippen molar-refractivity contribution in [3.05, 3.63) is 59.1 Å². The summed E-state index contributed by atoms with van der Waals surface area (Å²) in [5, 5.41) is 6.17. The van der Waals surface area contributed by atoms with Gasteiger partial charge in [-0.25, -0.2) is 9.50 Å². The molecule has 0 saturated carbocycles. The molecule has 4 aromatic rings. The Kier molecular flexibility index (Phi) is 2.62. The summed E-state index contributed by atoms with van der Waals surface area (Å²) < 4.78 is 1.63. The van der Waals surface area contributed by atoms with Crippen molar-refractivity contribution in [3.63, 3.8) is 0 Å². The lowest BCUT2D eigenvalue weighted by molar-refractivity contribution is 0.902. The third-order valence-electron chi connectivity index (χ3n) is 3.50. The quantitative estimate of drug-likeness (QED) is 0.597. The van der Waals surface area contributed by atoms with Crippen molar-refractivity contribution in [1.82, 2.24) is 19.6 Å². The average molecular weight is 298 g/mol. The Balaban J connectivity index is 1.79. The number of nitrogens with one attached hydrogen (secondary N) is 1. The second-order valence-electron chi connectivity index (χ2n) is 4.95. The van der Waals surface area contributed by atoms with E-state index in [0.717, 1.165) is 11.1 Å². The number of nitrogens with two attached hydrogens (primary N) is 1. The number of para-hydroxylation sites is 1. The lowest BCUT2D eigenvalue weighted by Crippen LogP contribution is -1.93. The Morgan fingerprint density at radius 1 is 1.29 bits per heavy atom. The minimum atomic E-state index is 0.528. The zero-order valence-electron chi connectivity index (χ0n) is 11.0. The van der Waals surface area contributed by atoms with E-state index in [2.05, 4.69) is 21.1 Å². The van der Waals surface area contributed by atoms with Crippen LogP contribution in [0.2, 0.25) is 5.02 Å². The molecule has 3 N–H and O–H groups in total. The van der Waals surface area contributed by atoms with Crippen LogP contribution in [0.25, 0.3) is 16.6 Å². The predicted molar refractivity (Wildman–Crippen MR) is 83.5 cm³/mol. The van der Waals surface area contributed by atoms with Crippen molar-refractivity contribution in [2.75, 3.05) is 5.73 Å². The Hall–Kier alpha value is -2.53. The Morgan fingerprint density at radius 3 is 3.05 bits per heavy atom.